The van der Waals surface area contributed by atoms with Crippen LogP contribution in [0.5, 0.6) is 0 Å². The van der Waals surface area contributed by atoms with Crippen LogP contribution in [0.15, 0.2) is 12.1 Å². The van der Waals surface area contributed by atoms with Crippen LogP contribution >= 0.6 is 0 Å². The van der Waals surface area contributed by atoms with E-state index in [1.165, 1.54) is 0 Å². The molecule has 1 unspecified atom stereocenters. The molecule has 0 heterocycles. The van der Waals surface area contributed by atoms with Crippen LogP contribution in [-0.2, 0) is 0 Å². The fraction of sp³-hybridized carbons (Fsp3) is 0.455. The van der Waals surface area contributed by atoms with Crippen molar-refractivity contribution in [1.82, 2.24) is 0 Å². The number of non-ortho nitro benzene ring substituents is 1. The quantitative estimate of drug-likeness (QED) is 0.629. The number of anilines is 1. The van der Waals surface area contributed by atoms with Gasteiger partial charge >= 0.3 is 0 Å². The van der Waals surface area contributed by atoms with Gasteiger partial charge in [-0.3, -0.25) is 10.1 Å². The zero-order valence-electron chi connectivity index (χ0n) is 10.0. The molecular formula is C11H14F2N2O3. The summed E-state index contributed by atoms with van der Waals surface area (Å²) in [6.45, 7) is 3.01. The van der Waals surface area contributed by atoms with Crippen molar-refractivity contribution in [2.24, 2.45) is 0 Å². The summed E-state index contributed by atoms with van der Waals surface area (Å²) < 4.78 is 27.2. The Labute approximate surface area is 103 Å². The van der Waals surface area contributed by atoms with Crippen molar-refractivity contribution in [1.29, 1.82) is 0 Å². The molecule has 0 radical (unpaired) electrons. The molecule has 0 aromatic heterocycles. The smallest absolute Gasteiger partial charge is 0.275 e. The third-order valence-electron chi connectivity index (χ3n) is 2.79. The molecule has 0 amide bonds. The summed E-state index contributed by atoms with van der Waals surface area (Å²) in [6, 6.07) is 1.28. The first-order valence-electron chi connectivity index (χ1n) is 5.35. The average molecular weight is 260 g/mol. The van der Waals surface area contributed by atoms with Crippen molar-refractivity contribution in [2.45, 2.75) is 25.8 Å². The van der Waals surface area contributed by atoms with E-state index in [1.807, 2.05) is 0 Å². The Morgan fingerprint density at radius 1 is 1.44 bits per heavy atom. The largest absolute Gasteiger partial charge is 0.394 e. The van der Waals surface area contributed by atoms with Crippen molar-refractivity contribution >= 4 is 11.4 Å². The molecule has 18 heavy (non-hydrogen) atoms. The summed E-state index contributed by atoms with van der Waals surface area (Å²) >= 11 is 0. The van der Waals surface area contributed by atoms with Crippen LogP contribution in [0.3, 0.4) is 0 Å². The average Bonchev–Trinajstić information content (AvgIpc) is 2.33. The Morgan fingerprint density at radius 2 is 1.94 bits per heavy atom. The summed E-state index contributed by atoms with van der Waals surface area (Å²) in [4.78, 5) is 9.55. The minimum Gasteiger partial charge on any atom is -0.394 e. The molecule has 0 saturated heterocycles. The van der Waals surface area contributed by atoms with Gasteiger partial charge in [-0.2, -0.15) is 0 Å². The van der Waals surface area contributed by atoms with Gasteiger partial charge in [-0.15, -0.1) is 0 Å². The molecule has 1 aromatic rings. The molecule has 0 bridgehead atoms. The predicted octanol–water partition coefficient (Wildman–Crippen LogP) is 2.45. The maximum Gasteiger partial charge on any atom is 0.275 e. The van der Waals surface area contributed by atoms with E-state index in [0.717, 1.165) is 0 Å². The van der Waals surface area contributed by atoms with E-state index < -0.39 is 33.5 Å². The van der Waals surface area contributed by atoms with Gasteiger partial charge in [-0.25, -0.2) is 8.78 Å². The number of nitrogens with zero attached hydrogens (tertiary/aromatic N) is 1. The summed E-state index contributed by atoms with van der Waals surface area (Å²) in [6.07, 6.45) is 0.430. The highest BCUT2D eigenvalue weighted by Crippen LogP contribution is 2.28. The molecule has 0 aliphatic rings. The number of hydrogen-bond donors (Lipinski definition) is 2. The van der Waals surface area contributed by atoms with Gasteiger partial charge in [0.25, 0.3) is 5.69 Å². The first kappa shape index (κ1) is 14.3. The molecular weight excluding hydrogens is 246 g/mol. The molecule has 7 heteroatoms. The highest BCUT2D eigenvalue weighted by atomic mass is 19.1. The van der Waals surface area contributed by atoms with Gasteiger partial charge in [0.15, 0.2) is 11.6 Å². The van der Waals surface area contributed by atoms with Crippen molar-refractivity contribution in [3.8, 4) is 0 Å². The summed E-state index contributed by atoms with van der Waals surface area (Å²) in [5, 5.41) is 22.1. The highest BCUT2D eigenvalue weighted by Gasteiger charge is 2.25. The lowest BCUT2D eigenvalue weighted by molar-refractivity contribution is -0.385. The van der Waals surface area contributed by atoms with Gasteiger partial charge < -0.3 is 10.4 Å². The van der Waals surface area contributed by atoms with Crippen LogP contribution in [-0.4, -0.2) is 22.2 Å². The SMILES string of the molecule is CCC(C)(CO)Nc1c(F)cc([N+](=O)[O-])cc1F. The van der Waals surface area contributed by atoms with Gasteiger partial charge in [-0.05, 0) is 13.3 Å². The van der Waals surface area contributed by atoms with Crippen molar-refractivity contribution in [3.05, 3.63) is 33.9 Å². The Kier molecular flexibility index (Phi) is 4.18. The lowest BCUT2D eigenvalue weighted by Crippen LogP contribution is -2.38. The van der Waals surface area contributed by atoms with Crippen LogP contribution in [0.4, 0.5) is 20.2 Å². The van der Waals surface area contributed by atoms with Crippen molar-refractivity contribution < 1.29 is 18.8 Å². The number of nitrogens with one attached hydrogen (secondary N) is 1. The van der Waals surface area contributed by atoms with E-state index in [0.29, 0.717) is 18.6 Å². The minimum absolute atomic E-state index is 0.320. The summed E-state index contributed by atoms with van der Waals surface area (Å²) in [5.41, 5.74) is -2.02. The first-order valence-corrected chi connectivity index (χ1v) is 5.35. The second kappa shape index (κ2) is 5.26. The summed E-state index contributed by atoms with van der Waals surface area (Å²) in [5.74, 6) is -2.12. The maximum atomic E-state index is 13.6. The van der Waals surface area contributed by atoms with Gasteiger partial charge in [0, 0.05) is 0 Å². The number of rotatable bonds is 5. The number of benzene rings is 1. The lowest BCUT2D eigenvalue weighted by atomic mass is 9.99. The number of nitro benzene ring substituents is 1. The Bertz CT molecular complexity index is 439. The van der Waals surface area contributed by atoms with E-state index in [2.05, 4.69) is 5.32 Å². The molecule has 1 rings (SSSR count). The van der Waals surface area contributed by atoms with Gasteiger partial charge in [0.1, 0.15) is 5.69 Å². The molecule has 2 N–H and O–H groups in total. The van der Waals surface area contributed by atoms with E-state index >= 15 is 0 Å². The van der Waals surface area contributed by atoms with Crippen molar-refractivity contribution in [3.63, 3.8) is 0 Å². The standard InChI is InChI=1S/C11H14F2N2O3/c1-3-11(2,6-16)14-10-8(12)4-7(15(17)18)5-9(10)13/h4-5,14,16H,3,6H2,1-2H3. The second-order valence-corrected chi connectivity index (χ2v) is 4.24. The predicted molar refractivity (Wildman–Crippen MR) is 62.4 cm³/mol. The minimum atomic E-state index is -1.06. The number of hydrogen-bond acceptors (Lipinski definition) is 4. The molecule has 5 nitrogen and oxygen atoms in total. The number of halogens is 2. The van der Waals surface area contributed by atoms with E-state index in [4.69, 9.17) is 5.11 Å². The Morgan fingerprint density at radius 3 is 2.28 bits per heavy atom. The number of aliphatic hydroxyl groups is 1. The van der Waals surface area contributed by atoms with Gasteiger partial charge in [0.05, 0.1) is 29.2 Å². The van der Waals surface area contributed by atoms with E-state index in [9.17, 15) is 18.9 Å². The molecule has 0 aliphatic heterocycles. The Balaban J connectivity index is 3.15. The molecule has 0 spiro atoms. The summed E-state index contributed by atoms with van der Waals surface area (Å²) in [7, 11) is 0. The number of nitro groups is 1. The van der Waals surface area contributed by atoms with Crippen molar-refractivity contribution in [2.75, 3.05) is 11.9 Å². The van der Waals surface area contributed by atoms with Crippen LogP contribution in [0.2, 0.25) is 0 Å². The fourth-order valence-corrected chi connectivity index (χ4v) is 1.33. The third-order valence-corrected chi connectivity index (χ3v) is 2.79. The van der Waals surface area contributed by atoms with Crippen LogP contribution < -0.4 is 5.32 Å². The van der Waals surface area contributed by atoms with E-state index in [1.54, 1.807) is 13.8 Å². The monoisotopic (exact) mass is 260 g/mol. The zero-order chi connectivity index (χ0) is 13.9. The Hall–Kier alpha value is -1.76. The number of aliphatic hydroxyl groups excluding tert-OH is 1. The third kappa shape index (κ3) is 2.92. The molecule has 0 aliphatic carbocycles. The fourth-order valence-electron chi connectivity index (χ4n) is 1.33. The molecule has 100 valence electrons. The zero-order valence-corrected chi connectivity index (χ0v) is 10.0. The van der Waals surface area contributed by atoms with Crippen LogP contribution in [0.25, 0.3) is 0 Å². The van der Waals surface area contributed by atoms with Gasteiger partial charge in [-0.1, -0.05) is 6.92 Å². The normalized spacial score (nSPS) is 14.1. The molecule has 0 saturated carbocycles. The second-order valence-electron chi connectivity index (χ2n) is 4.24. The highest BCUT2D eigenvalue weighted by molar-refractivity contribution is 5.53. The van der Waals surface area contributed by atoms with Crippen LogP contribution in [0, 0.1) is 21.7 Å². The van der Waals surface area contributed by atoms with Crippen LogP contribution in [0.1, 0.15) is 20.3 Å². The maximum absolute atomic E-state index is 13.6. The van der Waals surface area contributed by atoms with Gasteiger partial charge in [0.2, 0.25) is 0 Å². The molecule has 1 atom stereocenters. The first-order chi connectivity index (χ1) is 8.33. The van der Waals surface area contributed by atoms with E-state index in [-0.39, 0.29) is 6.61 Å². The molecule has 1 aromatic carbocycles. The molecule has 0 fully saturated rings. The lowest BCUT2D eigenvalue weighted by Gasteiger charge is -2.28. The topological polar surface area (TPSA) is 75.4 Å².